The number of hydrogen-bond donors (Lipinski definition) is 1. The molecule has 1 saturated heterocycles. The predicted octanol–water partition coefficient (Wildman–Crippen LogP) is 2.80. The summed E-state index contributed by atoms with van der Waals surface area (Å²) in [5, 5.41) is 3.35. The van der Waals surface area contributed by atoms with Crippen LogP contribution in [0.1, 0.15) is 18.4 Å². The fourth-order valence-corrected chi connectivity index (χ4v) is 2.81. The van der Waals surface area contributed by atoms with Gasteiger partial charge in [-0.2, -0.15) is 13.2 Å². The molecule has 1 aromatic carbocycles. The first-order valence-corrected chi connectivity index (χ1v) is 8.03. The first-order chi connectivity index (χ1) is 11.3. The number of carbonyl (C=O) groups excluding carboxylic acids is 2. The summed E-state index contributed by atoms with van der Waals surface area (Å²) < 4.78 is 37.4. The number of amides is 2. The lowest BCUT2D eigenvalue weighted by molar-refractivity contribution is -0.187. The predicted molar refractivity (Wildman–Crippen MR) is 83.5 cm³/mol. The molecule has 1 aromatic rings. The standard InChI is InChI=1S/C16H18ClF3N2O2/c17-13-5-3-11(4-6-13)7-8-21-14(23)12-2-1-9-22(10-12)15(24)16(18,19)20/h3-6,12H,1-2,7-10H2,(H,21,23). The number of nitrogens with one attached hydrogen (secondary N) is 1. The quantitative estimate of drug-likeness (QED) is 0.895. The molecule has 0 spiro atoms. The highest BCUT2D eigenvalue weighted by atomic mass is 35.5. The van der Waals surface area contributed by atoms with E-state index in [-0.39, 0.29) is 19.0 Å². The number of halogens is 4. The van der Waals surface area contributed by atoms with Crippen molar-refractivity contribution >= 4 is 23.4 Å². The summed E-state index contributed by atoms with van der Waals surface area (Å²) >= 11 is 5.79. The molecule has 1 unspecified atom stereocenters. The Hall–Kier alpha value is -1.76. The zero-order chi connectivity index (χ0) is 17.7. The molecule has 0 saturated carbocycles. The summed E-state index contributed by atoms with van der Waals surface area (Å²) in [6.07, 6.45) is -3.43. The third kappa shape index (κ3) is 5.12. The molecule has 1 fully saturated rings. The molecule has 8 heteroatoms. The van der Waals surface area contributed by atoms with Gasteiger partial charge in [0.2, 0.25) is 5.91 Å². The van der Waals surface area contributed by atoms with Gasteiger partial charge >= 0.3 is 12.1 Å². The normalized spacial score (nSPS) is 18.3. The maximum Gasteiger partial charge on any atom is 0.471 e. The number of benzene rings is 1. The Morgan fingerprint density at radius 2 is 1.92 bits per heavy atom. The molecule has 1 heterocycles. The number of hydrogen-bond acceptors (Lipinski definition) is 2. The fourth-order valence-electron chi connectivity index (χ4n) is 2.68. The molecular weight excluding hydrogens is 345 g/mol. The molecule has 132 valence electrons. The molecule has 0 bridgehead atoms. The highest BCUT2D eigenvalue weighted by molar-refractivity contribution is 6.30. The number of alkyl halides is 3. The average molecular weight is 363 g/mol. The minimum absolute atomic E-state index is 0.0346. The Morgan fingerprint density at radius 3 is 2.54 bits per heavy atom. The average Bonchev–Trinajstić information content (AvgIpc) is 2.55. The number of likely N-dealkylation sites (tertiary alicyclic amines) is 1. The van der Waals surface area contributed by atoms with E-state index in [0.29, 0.717) is 35.7 Å². The van der Waals surface area contributed by atoms with E-state index in [1.165, 1.54) is 0 Å². The number of piperidine rings is 1. The van der Waals surface area contributed by atoms with Crippen LogP contribution in [0.2, 0.25) is 5.02 Å². The van der Waals surface area contributed by atoms with Crippen LogP contribution in [-0.2, 0) is 16.0 Å². The molecule has 2 rings (SSSR count). The molecule has 0 aromatic heterocycles. The van der Waals surface area contributed by atoms with E-state index < -0.39 is 18.0 Å². The van der Waals surface area contributed by atoms with Gasteiger partial charge in [0, 0.05) is 24.7 Å². The van der Waals surface area contributed by atoms with Gasteiger partial charge < -0.3 is 10.2 Å². The number of nitrogens with zero attached hydrogens (tertiary/aromatic N) is 1. The van der Waals surface area contributed by atoms with Crippen LogP contribution in [0, 0.1) is 5.92 Å². The largest absolute Gasteiger partial charge is 0.471 e. The van der Waals surface area contributed by atoms with Gasteiger partial charge in [0.25, 0.3) is 0 Å². The van der Waals surface area contributed by atoms with Gasteiger partial charge in [0.15, 0.2) is 0 Å². The lowest BCUT2D eigenvalue weighted by Gasteiger charge is -2.32. The molecule has 4 nitrogen and oxygen atoms in total. The molecule has 0 radical (unpaired) electrons. The van der Waals surface area contributed by atoms with Crippen LogP contribution < -0.4 is 5.32 Å². The molecular formula is C16H18ClF3N2O2. The highest BCUT2D eigenvalue weighted by Gasteiger charge is 2.44. The van der Waals surface area contributed by atoms with E-state index in [1.54, 1.807) is 12.1 Å². The lowest BCUT2D eigenvalue weighted by Crippen LogP contribution is -2.49. The Morgan fingerprint density at radius 1 is 1.25 bits per heavy atom. The Kier molecular flexibility index (Phi) is 6.10. The van der Waals surface area contributed by atoms with Crippen molar-refractivity contribution < 1.29 is 22.8 Å². The van der Waals surface area contributed by atoms with Crippen LogP contribution in [-0.4, -0.2) is 42.5 Å². The maximum atomic E-state index is 12.5. The van der Waals surface area contributed by atoms with E-state index in [2.05, 4.69) is 5.32 Å². The Bertz CT molecular complexity index is 590. The minimum Gasteiger partial charge on any atom is -0.355 e. The van der Waals surface area contributed by atoms with Crippen molar-refractivity contribution in [3.8, 4) is 0 Å². The van der Waals surface area contributed by atoms with Crippen LogP contribution in [0.4, 0.5) is 13.2 Å². The summed E-state index contributed by atoms with van der Waals surface area (Å²) in [5.41, 5.74) is 0.997. The summed E-state index contributed by atoms with van der Waals surface area (Å²) in [4.78, 5) is 24.1. The minimum atomic E-state index is -4.90. The van der Waals surface area contributed by atoms with E-state index in [9.17, 15) is 22.8 Å². The van der Waals surface area contributed by atoms with E-state index >= 15 is 0 Å². The van der Waals surface area contributed by atoms with Crippen LogP contribution in [0.25, 0.3) is 0 Å². The highest BCUT2D eigenvalue weighted by Crippen LogP contribution is 2.23. The summed E-state index contributed by atoms with van der Waals surface area (Å²) in [6, 6.07) is 7.19. The SMILES string of the molecule is O=C(NCCc1ccc(Cl)cc1)C1CCCN(C(=O)C(F)(F)F)C1. The first-order valence-electron chi connectivity index (χ1n) is 7.65. The smallest absolute Gasteiger partial charge is 0.355 e. The monoisotopic (exact) mass is 362 g/mol. The van der Waals surface area contributed by atoms with Gasteiger partial charge in [-0.3, -0.25) is 9.59 Å². The third-order valence-corrected chi connectivity index (χ3v) is 4.20. The van der Waals surface area contributed by atoms with Gasteiger partial charge in [0.1, 0.15) is 0 Å². The Balaban J connectivity index is 1.81. The number of rotatable bonds is 4. The summed E-state index contributed by atoms with van der Waals surface area (Å²) in [7, 11) is 0. The van der Waals surface area contributed by atoms with Crippen molar-refractivity contribution in [1.82, 2.24) is 10.2 Å². The molecule has 1 atom stereocenters. The zero-order valence-electron chi connectivity index (χ0n) is 12.9. The second-order valence-corrected chi connectivity index (χ2v) is 6.19. The fraction of sp³-hybridized carbons (Fsp3) is 0.500. The molecule has 2 amide bonds. The molecule has 1 aliphatic heterocycles. The van der Waals surface area contributed by atoms with Crippen molar-refractivity contribution in [2.24, 2.45) is 5.92 Å². The van der Waals surface area contributed by atoms with Crippen molar-refractivity contribution in [2.45, 2.75) is 25.4 Å². The molecule has 1 aliphatic rings. The first kappa shape index (κ1) is 18.6. The second kappa shape index (κ2) is 7.88. The number of carbonyl (C=O) groups is 2. The van der Waals surface area contributed by atoms with Crippen molar-refractivity contribution in [1.29, 1.82) is 0 Å². The van der Waals surface area contributed by atoms with Crippen LogP contribution >= 0.6 is 11.6 Å². The second-order valence-electron chi connectivity index (χ2n) is 5.76. The Labute approximate surface area is 143 Å². The van der Waals surface area contributed by atoms with Crippen molar-refractivity contribution in [2.75, 3.05) is 19.6 Å². The van der Waals surface area contributed by atoms with Crippen molar-refractivity contribution in [3.05, 3.63) is 34.9 Å². The zero-order valence-corrected chi connectivity index (χ0v) is 13.7. The van der Waals surface area contributed by atoms with Crippen LogP contribution in [0.3, 0.4) is 0 Å². The van der Waals surface area contributed by atoms with Gasteiger partial charge in [-0.25, -0.2) is 0 Å². The molecule has 24 heavy (non-hydrogen) atoms. The van der Waals surface area contributed by atoms with E-state index in [1.807, 2.05) is 12.1 Å². The van der Waals surface area contributed by atoms with E-state index in [0.717, 1.165) is 5.56 Å². The summed E-state index contributed by atoms with van der Waals surface area (Å²) in [5.74, 6) is -2.79. The van der Waals surface area contributed by atoms with Crippen LogP contribution in [0.15, 0.2) is 24.3 Å². The van der Waals surface area contributed by atoms with Crippen LogP contribution in [0.5, 0.6) is 0 Å². The van der Waals surface area contributed by atoms with E-state index in [4.69, 9.17) is 11.6 Å². The van der Waals surface area contributed by atoms with Crippen molar-refractivity contribution in [3.63, 3.8) is 0 Å². The molecule has 1 N–H and O–H groups in total. The molecule has 0 aliphatic carbocycles. The van der Waals surface area contributed by atoms with Gasteiger partial charge in [-0.15, -0.1) is 0 Å². The van der Waals surface area contributed by atoms with Gasteiger partial charge in [-0.05, 0) is 37.0 Å². The topological polar surface area (TPSA) is 49.4 Å². The summed E-state index contributed by atoms with van der Waals surface area (Å²) in [6.45, 7) is 0.224. The maximum absolute atomic E-state index is 12.5. The third-order valence-electron chi connectivity index (χ3n) is 3.95. The van der Waals surface area contributed by atoms with Gasteiger partial charge in [-0.1, -0.05) is 23.7 Å². The lowest BCUT2D eigenvalue weighted by atomic mass is 9.97. The van der Waals surface area contributed by atoms with Gasteiger partial charge in [0.05, 0.1) is 5.92 Å².